The zero-order chi connectivity index (χ0) is 18.2. The minimum absolute atomic E-state index is 0.0430. The zero-order valence-electron chi connectivity index (χ0n) is 13.1. The van der Waals surface area contributed by atoms with Gasteiger partial charge in [-0.05, 0) is 42.5 Å². The number of benzene rings is 1. The third-order valence-corrected chi connectivity index (χ3v) is 4.58. The molecule has 0 aliphatic carbocycles. The fourth-order valence-electron chi connectivity index (χ4n) is 2.39. The predicted molar refractivity (Wildman–Crippen MR) is 92.8 cm³/mol. The molecule has 2 aromatic heterocycles. The monoisotopic (exact) mass is 358 g/mol. The lowest BCUT2D eigenvalue weighted by Gasteiger charge is -2.09. The number of sulfonamides is 1. The van der Waals surface area contributed by atoms with E-state index < -0.39 is 21.5 Å². The number of hydrogen-bond donors (Lipinski definition) is 2. The minimum atomic E-state index is -3.81. The number of aryl methyl sites for hydroxylation is 1. The van der Waals surface area contributed by atoms with Crippen LogP contribution >= 0.6 is 0 Å². The van der Waals surface area contributed by atoms with E-state index in [1.165, 1.54) is 41.9 Å². The van der Waals surface area contributed by atoms with E-state index in [0.717, 1.165) is 0 Å². The molecule has 1 aromatic carbocycles. The van der Waals surface area contributed by atoms with Gasteiger partial charge < -0.3 is 5.32 Å². The average molecular weight is 358 g/mol. The van der Waals surface area contributed by atoms with Gasteiger partial charge in [0.05, 0.1) is 4.90 Å². The van der Waals surface area contributed by atoms with Gasteiger partial charge in [-0.3, -0.25) is 14.2 Å². The van der Waals surface area contributed by atoms with Gasteiger partial charge in [0, 0.05) is 24.3 Å². The molecular weight excluding hydrogens is 344 g/mol. The molecule has 9 heteroatoms. The highest BCUT2D eigenvalue weighted by molar-refractivity contribution is 7.89. The van der Waals surface area contributed by atoms with Gasteiger partial charge >= 0.3 is 0 Å². The second kappa shape index (κ2) is 6.11. The lowest BCUT2D eigenvalue weighted by atomic mass is 10.2. The maximum atomic E-state index is 12.4. The molecule has 0 atom stereocenters. The first-order chi connectivity index (χ1) is 11.8. The first-order valence-corrected chi connectivity index (χ1v) is 8.71. The van der Waals surface area contributed by atoms with Crippen molar-refractivity contribution in [3.8, 4) is 0 Å². The van der Waals surface area contributed by atoms with Crippen LogP contribution in [0.1, 0.15) is 10.4 Å². The summed E-state index contributed by atoms with van der Waals surface area (Å²) in [6.07, 6.45) is 1.56. The summed E-state index contributed by atoms with van der Waals surface area (Å²) in [4.78, 5) is 28.8. The van der Waals surface area contributed by atoms with Crippen molar-refractivity contribution in [3.63, 3.8) is 0 Å². The Morgan fingerprint density at radius 1 is 1.20 bits per heavy atom. The molecule has 128 valence electrons. The number of carbonyl (C=O) groups excluding carboxylic acids is 1. The van der Waals surface area contributed by atoms with E-state index in [1.807, 2.05) is 0 Å². The summed E-state index contributed by atoms with van der Waals surface area (Å²) in [6, 6.07) is 10.3. The van der Waals surface area contributed by atoms with Gasteiger partial charge in [0.2, 0.25) is 10.0 Å². The number of nitrogens with one attached hydrogen (secondary N) is 1. The molecule has 0 saturated heterocycles. The summed E-state index contributed by atoms with van der Waals surface area (Å²) in [5, 5.41) is 8.24. The highest BCUT2D eigenvalue weighted by Gasteiger charge is 2.15. The molecular formula is C16H14N4O4S. The van der Waals surface area contributed by atoms with E-state index in [0.29, 0.717) is 16.7 Å². The molecule has 3 aromatic rings. The van der Waals surface area contributed by atoms with Crippen molar-refractivity contribution in [3.05, 3.63) is 64.6 Å². The molecule has 0 unspecified atom stereocenters. The molecule has 3 N–H and O–H groups in total. The predicted octanol–water partition coefficient (Wildman–Crippen LogP) is 0.833. The molecule has 25 heavy (non-hydrogen) atoms. The van der Waals surface area contributed by atoms with E-state index >= 15 is 0 Å². The van der Waals surface area contributed by atoms with Crippen LogP contribution in [0, 0.1) is 0 Å². The fourth-order valence-corrected chi connectivity index (χ4v) is 2.90. The SMILES string of the molecule is Cn1c(=O)c(C(=O)Nc2ccc(S(N)(=O)=O)cc2)cc2cccnc21. The van der Waals surface area contributed by atoms with Crippen LogP contribution in [0.25, 0.3) is 11.0 Å². The van der Waals surface area contributed by atoms with Crippen molar-refractivity contribution in [1.82, 2.24) is 9.55 Å². The molecule has 0 spiro atoms. The molecule has 1 amide bonds. The maximum Gasteiger partial charge on any atom is 0.264 e. The molecule has 0 bridgehead atoms. The Balaban J connectivity index is 1.95. The number of amides is 1. The lowest BCUT2D eigenvalue weighted by molar-refractivity contribution is 0.102. The molecule has 8 nitrogen and oxygen atoms in total. The van der Waals surface area contributed by atoms with Crippen LogP contribution in [0.4, 0.5) is 5.69 Å². The van der Waals surface area contributed by atoms with Gasteiger partial charge in [0.1, 0.15) is 11.2 Å². The fraction of sp³-hybridized carbons (Fsp3) is 0.0625. The first-order valence-electron chi connectivity index (χ1n) is 7.16. The average Bonchev–Trinajstić information content (AvgIpc) is 2.57. The second-order valence-electron chi connectivity index (χ2n) is 5.36. The van der Waals surface area contributed by atoms with Crippen LogP contribution in [0.5, 0.6) is 0 Å². The van der Waals surface area contributed by atoms with E-state index in [2.05, 4.69) is 10.3 Å². The Kier molecular flexibility index (Phi) is 4.11. The number of carbonyl (C=O) groups is 1. The quantitative estimate of drug-likeness (QED) is 0.718. The summed E-state index contributed by atoms with van der Waals surface area (Å²) < 4.78 is 23.8. The molecule has 0 fully saturated rings. The Morgan fingerprint density at radius 3 is 2.52 bits per heavy atom. The van der Waals surface area contributed by atoms with Gasteiger partial charge in [0.25, 0.3) is 11.5 Å². The van der Waals surface area contributed by atoms with Crippen LogP contribution in [-0.4, -0.2) is 23.9 Å². The Labute approximate surface area is 143 Å². The van der Waals surface area contributed by atoms with Gasteiger partial charge in [-0.15, -0.1) is 0 Å². The van der Waals surface area contributed by atoms with Crippen molar-refractivity contribution in [2.24, 2.45) is 12.2 Å². The number of rotatable bonds is 3. The number of hydrogen-bond acceptors (Lipinski definition) is 5. The normalized spacial score (nSPS) is 11.4. The van der Waals surface area contributed by atoms with Gasteiger partial charge in [-0.25, -0.2) is 18.5 Å². The van der Waals surface area contributed by atoms with Crippen molar-refractivity contribution in [1.29, 1.82) is 0 Å². The summed E-state index contributed by atoms with van der Waals surface area (Å²) in [5.41, 5.74) is 0.288. The second-order valence-corrected chi connectivity index (χ2v) is 6.92. The summed E-state index contributed by atoms with van der Waals surface area (Å²) >= 11 is 0. The van der Waals surface area contributed by atoms with Crippen molar-refractivity contribution in [2.45, 2.75) is 4.90 Å². The van der Waals surface area contributed by atoms with Gasteiger partial charge in [-0.1, -0.05) is 0 Å². The highest BCUT2D eigenvalue weighted by Crippen LogP contribution is 2.15. The standard InChI is InChI=1S/C16H14N4O4S/c1-20-14-10(3-2-8-18-14)9-13(16(20)22)15(21)19-11-4-6-12(7-5-11)25(17,23)24/h2-9H,1H3,(H,19,21)(H2,17,23,24). The number of nitrogens with two attached hydrogens (primary N) is 1. The highest BCUT2D eigenvalue weighted by atomic mass is 32.2. The van der Waals surface area contributed by atoms with E-state index in [4.69, 9.17) is 5.14 Å². The Morgan fingerprint density at radius 2 is 1.88 bits per heavy atom. The smallest absolute Gasteiger partial charge is 0.264 e. The maximum absolute atomic E-state index is 12.4. The van der Waals surface area contributed by atoms with Crippen LogP contribution < -0.4 is 16.0 Å². The van der Waals surface area contributed by atoms with Crippen LogP contribution in [0.3, 0.4) is 0 Å². The van der Waals surface area contributed by atoms with Crippen molar-refractivity contribution in [2.75, 3.05) is 5.32 Å². The Bertz CT molecular complexity index is 1140. The molecule has 2 heterocycles. The van der Waals surface area contributed by atoms with Crippen LogP contribution in [0.2, 0.25) is 0 Å². The van der Waals surface area contributed by atoms with Crippen molar-refractivity contribution < 1.29 is 13.2 Å². The number of nitrogens with zero attached hydrogens (tertiary/aromatic N) is 2. The topological polar surface area (TPSA) is 124 Å². The summed E-state index contributed by atoms with van der Waals surface area (Å²) in [5.74, 6) is -0.602. The lowest BCUT2D eigenvalue weighted by Crippen LogP contribution is -2.28. The van der Waals surface area contributed by atoms with E-state index in [-0.39, 0.29) is 10.5 Å². The number of fused-ring (bicyclic) bond motifs is 1. The Hall–Kier alpha value is -3.04. The van der Waals surface area contributed by atoms with E-state index in [1.54, 1.807) is 18.3 Å². The summed E-state index contributed by atoms with van der Waals surface area (Å²) in [7, 11) is -2.27. The van der Waals surface area contributed by atoms with Crippen LogP contribution in [-0.2, 0) is 17.1 Å². The number of aromatic nitrogens is 2. The van der Waals surface area contributed by atoms with Crippen LogP contribution in [0.15, 0.2) is 58.4 Å². The largest absolute Gasteiger partial charge is 0.322 e. The van der Waals surface area contributed by atoms with Crippen molar-refractivity contribution >= 4 is 32.7 Å². The van der Waals surface area contributed by atoms with Gasteiger partial charge in [-0.2, -0.15) is 0 Å². The first kappa shape index (κ1) is 16.8. The molecule has 0 aliphatic heterocycles. The molecule has 0 saturated carbocycles. The van der Waals surface area contributed by atoms with E-state index in [9.17, 15) is 18.0 Å². The third-order valence-electron chi connectivity index (χ3n) is 3.65. The van der Waals surface area contributed by atoms with Gasteiger partial charge in [0.15, 0.2) is 0 Å². The molecule has 0 aliphatic rings. The molecule has 3 rings (SSSR count). The number of primary sulfonamides is 1. The minimum Gasteiger partial charge on any atom is -0.322 e. The number of anilines is 1. The number of pyridine rings is 2. The molecule has 0 radical (unpaired) electrons. The zero-order valence-corrected chi connectivity index (χ0v) is 13.9. The summed E-state index contributed by atoms with van der Waals surface area (Å²) in [6.45, 7) is 0. The third kappa shape index (κ3) is 3.28.